The smallest absolute Gasteiger partial charge is 0.378 e. The Kier molecular flexibility index (Phi) is 6.86. The molecule has 202 valence electrons. The van der Waals surface area contributed by atoms with Gasteiger partial charge >= 0.3 is 12.2 Å². The lowest BCUT2D eigenvalue weighted by Crippen LogP contribution is -2.41. The maximum atomic E-state index is 13.2. The summed E-state index contributed by atoms with van der Waals surface area (Å²) < 4.78 is 45.7. The van der Waals surface area contributed by atoms with E-state index >= 15 is 0 Å². The summed E-state index contributed by atoms with van der Waals surface area (Å²) in [6.07, 6.45) is 3.51. The van der Waals surface area contributed by atoms with Crippen molar-refractivity contribution in [2.24, 2.45) is 7.05 Å². The third-order valence-corrected chi connectivity index (χ3v) is 7.05. The molecule has 2 amide bonds. The van der Waals surface area contributed by atoms with Crippen molar-refractivity contribution in [2.45, 2.75) is 31.5 Å². The zero-order valence-corrected chi connectivity index (χ0v) is 21.0. The van der Waals surface area contributed by atoms with Crippen molar-refractivity contribution in [1.82, 2.24) is 24.4 Å². The number of carbonyl (C=O) groups is 1. The summed E-state index contributed by atoms with van der Waals surface area (Å²) in [5, 5.41) is 2.35. The van der Waals surface area contributed by atoms with Crippen LogP contribution >= 0.6 is 0 Å². The maximum absolute atomic E-state index is 13.2. The van der Waals surface area contributed by atoms with Crippen molar-refractivity contribution >= 4 is 34.1 Å². The molecule has 1 fully saturated rings. The molecule has 2 aliphatic rings. The summed E-state index contributed by atoms with van der Waals surface area (Å²) >= 11 is 0. The van der Waals surface area contributed by atoms with Crippen LogP contribution in [0.3, 0.4) is 0 Å². The van der Waals surface area contributed by atoms with Crippen LogP contribution in [0.5, 0.6) is 0 Å². The predicted molar refractivity (Wildman–Crippen MR) is 136 cm³/mol. The molecule has 38 heavy (non-hydrogen) atoms. The number of hydrogen-bond acceptors (Lipinski definition) is 6. The third-order valence-electron chi connectivity index (χ3n) is 7.05. The second-order valence-corrected chi connectivity index (χ2v) is 9.48. The van der Waals surface area contributed by atoms with E-state index in [1.54, 1.807) is 13.2 Å². The standard InChI is InChI=1S/C25H28F3N7O3/c1-33-14-16(25(26,27)28)11-18(23(33)36)32-24(37)34(2)17-5-3-15(4-6-17)19-12-29-22-21(31-19)20(13-30-22)35-7-9-38-10-8-35/h3,11-14,17H,4-10H2,1-2H3,(H,29,30)(H,32,37)/t17-/m1/s1. The van der Waals surface area contributed by atoms with E-state index in [0.29, 0.717) is 50.4 Å². The number of halogens is 3. The van der Waals surface area contributed by atoms with Gasteiger partial charge in [-0.1, -0.05) is 6.08 Å². The third kappa shape index (κ3) is 5.10. The largest absolute Gasteiger partial charge is 0.417 e. The molecule has 4 heterocycles. The van der Waals surface area contributed by atoms with Crippen molar-refractivity contribution < 1.29 is 22.7 Å². The molecule has 1 saturated heterocycles. The summed E-state index contributed by atoms with van der Waals surface area (Å²) in [5.41, 5.74) is 2.13. The molecule has 3 aromatic rings. The topological polar surface area (TPSA) is 108 Å². The molecular formula is C25H28F3N7O3. The number of urea groups is 1. The molecule has 1 atom stereocenters. The van der Waals surface area contributed by atoms with Gasteiger partial charge in [-0.25, -0.2) is 14.8 Å². The molecule has 2 N–H and O–H groups in total. The Bertz CT molecular complexity index is 1440. The number of aryl methyl sites for hydroxylation is 1. The number of allylic oxidation sites excluding steroid dienone is 1. The number of alkyl halides is 3. The van der Waals surface area contributed by atoms with Crippen LogP contribution in [0.4, 0.5) is 29.3 Å². The van der Waals surface area contributed by atoms with Gasteiger partial charge in [0.25, 0.3) is 5.56 Å². The minimum absolute atomic E-state index is 0.193. The minimum Gasteiger partial charge on any atom is -0.378 e. The van der Waals surface area contributed by atoms with Gasteiger partial charge in [0.1, 0.15) is 11.2 Å². The van der Waals surface area contributed by atoms with Crippen LogP contribution in [0.2, 0.25) is 0 Å². The van der Waals surface area contributed by atoms with E-state index in [0.717, 1.165) is 40.1 Å². The van der Waals surface area contributed by atoms with E-state index in [1.807, 2.05) is 12.3 Å². The van der Waals surface area contributed by atoms with Crippen molar-refractivity contribution in [3.8, 4) is 0 Å². The number of ether oxygens (including phenoxy) is 1. The number of aromatic nitrogens is 4. The Morgan fingerprint density at radius 1 is 1.29 bits per heavy atom. The van der Waals surface area contributed by atoms with Gasteiger partial charge in [0, 0.05) is 45.6 Å². The van der Waals surface area contributed by atoms with Crippen LogP contribution in [0.15, 0.2) is 35.5 Å². The first-order valence-electron chi connectivity index (χ1n) is 12.3. The van der Waals surface area contributed by atoms with Crippen LogP contribution in [-0.2, 0) is 18.0 Å². The lowest BCUT2D eigenvalue weighted by molar-refractivity contribution is -0.138. The summed E-state index contributed by atoms with van der Waals surface area (Å²) in [4.78, 5) is 41.4. The number of nitrogens with zero attached hydrogens (tertiary/aromatic N) is 5. The second-order valence-electron chi connectivity index (χ2n) is 9.48. The number of aromatic amines is 1. The van der Waals surface area contributed by atoms with Gasteiger partial charge in [-0.15, -0.1) is 0 Å². The van der Waals surface area contributed by atoms with Crippen molar-refractivity contribution in [1.29, 1.82) is 0 Å². The van der Waals surface area contributed by atoms with E-state index < -0.39 is 29.0 Å². The first-order valence-corrected chi connectivity index (χ1v) is 12.3. The number of H-pyrrole nitrogens is 1. The number of rotatable bonds is 4. The van der Waals surface area contributed by atoms with Crippen LogP contribution in [0.25, 0.3) is 16.7 Å². The number of morpholine rings is 1. The van der Waals surface area contributed by atoms with Crippen molar-refractivity contribution in [2.75, 3.05) is 43.6 Å². The maximum Gasteiger partial charge on any atom is 0.417 e. The molecule has 0 aromatic carbocycles. The molecule has 10 nitrogen and oxygen atoms in total. The van der Waals surface area contributed by atoms with E-state index in [4.69, 9.17) is 9.72 Å². The molecule has 0 spiro atoms. The zero-order chi connectivity index (χ0) is 27.0. The zero-order valence-electron chi connectivity index (χ0n) is 21.0. The molecular weight excluding hydrogens is 503 g/mol. The Balaban J connectivity index is 1.29. The first kappa shape index (κ1) is 25.8. The Morgan fingerprint density at radius 2 is 2.05 bits per heavy atom. The monoisotopic (exact) mass is 531 g/mol. The normalized spacial score (nSPS) is 18.4. The lowest BCUT2D eigenvalue weighted by Gasteiger charge is -2.31. The predicted octanol–water partition coefficient (Wildman–Crippen LogP) is 3.61. The number of fused-ring (bicyclic) bond motifs is 1. The van der Waals surface area contributed by atoms with Crippen LogP contribution in [0, 0.1) is 0 Å². The van der Waals surface area contributed by atoms with Crippen LogP contribution < -0.4 is 15.8 Å². The van der Waals surface area contributed by atoms with Crippen molar-refractivity contribution in [3.05, 3.63) is 52.3 Å². The molecule has 3 aromatic heterocycles. The molecule has 0 bridgehead atoms. The fourth-order valence-corrected chi connectivity index (χ4v) is 4.81. The molecule has 13 heteroatoms. The van der Waals surface area contributed by atoms with Gasteiger partial charge in [-0.2, -0.15) is 13.2 Å². The SMILES string of the molecule is CN(C(=O)Nc1cc(C(F)(F)F)cn(C)c1=O)[C@@H]1CC=C(c2cnc3[nH]cc(N4CCOCC4)c3n2)CC1. The molecule has 0 unspecified atom stereocenters. The van der Waals surface area contributed by atoms with Gasteiger partial charge in [0.05, 0.1) is 36.4 Å². The lowest BCUT2D eigenvalue weighted by atomic mass is 9.93. The quantitative estimate of drug-likeness (QED) is 0.533. The number of pyridine rings is 1. The van der Waals surface area contributed by atoms with Gasteiger partial charge in [-0.3, -0.25) is 4.79 Å². The second kappa shape index (κ2) is 10.1. The highest BCUT2D eigenvalue weighted by Gasteiger charge is 2.32. The summed E-state index contributed by atoms with van der Waals surface area (Å²) in [6.45, 7) is 2.89. The van der Waals surface area contributed by atoms with Gasteiger partial charge in [-0.05, 0) is 30.9 Å². The first-order chi connectivity index (χ1) is 18.1. The van der Waals surface area contributed by atoms with E-state index in [-0.39, 0.29) is 6.04 Å². The Labute approximate surface area is 216 Å². The number of anilines is 2. The molecule has 1 aliphatic heterocycles. The summed E-state index contributed by atoms with van der Waals surface area (Å²) in [5.74, 6) is 0. The van der Waals surface area contributed by atoms with E-state index in [9.17, 15) is 22.8 Å². The Morgan fingerprint density at radius 3 is 2.74 bits per heavy atom. The highest BCUT2D eigenvalue weighted by Crippen LogP contribution is 2.32. The molecule has 1 aliphatic carbocycles. The van der Waals surface area contributed by atoms with Crippen LogP contribution in [-0.4, -0.2) is 69.8 Å². The van der Waals surface area contributed by atoms with Gasteiger partial charge in [0.15, 0.2) is 5.65 Å². The van der Waals surface area contributed by atoms with Crippen molar-refractivity contribution in [3.63, 3.8) is 0 Å². The van der Waals surface area contributed by atoms with Crippen LogP contribution in [0.1, 0.15) is 30.5 Å². The average molecular weight is 532 g/mol. The van der Waals surface area contributed by atoms with Gasteiger partial charge < -0.3 is 29.4 Å². The molecule has 0 radical (unpaired) electrons. The highest BCUT2D eigenvalue weighted by atomic mass is 19.4. The summed E-state index contributed by atoms with van der Waals surface area (Å²) in [6, 6.07) is -0.179. The fraction of sp³-hybridized carbons (Fsp3) is 0.440. The number of hydrogen-bond donors (Lipinski definition) is 2. The number of amides is 2. The number of carbonyl (C=O) groups excluding carboxylic acids is 1. The highest BCUT2D eigenvalue weighted by molar-refractivity contribution is 5.90. The molecule has 5 rings (SSSR count). The average Bonchev–Trinajstić information content (AvgIpc) is 3.34. The van der Waals surface area contributed by atoms with Gasteiger partial charge in [0.2, 0.25) is 0 Å². The van der Waals surface area contributed by atoms with E-state index in [1.165, 1.54) is 11.9 Å². The van der Waals surface area contributed by atoms with E-state index in [2.05, 4.69) is 20.2 Å². The minimum atomic E-state index is -4.64. The Hall–Kier alpha value is -3.87. The molecule has 0 saturated carbocycles. The number of nitrogens with one attached hydrogen (secondary N) is 2. The summed E-state index contributed by atoms with van der Waals surface area (Å²) in [7, 11) is 2.78. The fourth-order valence-electron chi connectivity index (χ4n) is 4.81.